The van der Waals surface area contributed by atoms with Crippen molar-refractivity contribution in [1.29, 1.82) is 0 Å². The molecule has 2 N–H and O–H groups in total. The van der Waals surface area contributed by atoms with Crippen LogP contribution in [0.5, 0.6) is 0 Å². The summed E-state index contributed by atoms with van der Waals surface area (Å²) in [5.41, 5.74) is 1.06. The molecular weight excluding hydrogens is 232 g/mol. The van der Waals surface area contributed by atoms with Crippen molar-refractivity contribution in [2.75, 3.05) is 20.7 Å². The molecule has 0 spiro atoms. The summed E-state index contributed by atoms with van der Waals surface area (Å²) in [7, 11) is 3.00. The smallest absolute Gasteiger partial charge is 0.325 e. The van der Waals surface area contributed by atoms with Gasteiger partial charge in [-0.1, -0.05) is 30.3 Å². The van der Waals surface area contributed by atoms with E-state index in [1.807, 2.05) is 30.3 Å². The number of methoxy groups -OCH3 is 1. The van der Waals surface area contributed by atoms with Crippen LogP contribution in [0.4, 0.5) is 0 Å². The van der Waals surface area contributed by atoms with Crippen LogP contribution in [0.15, 0.2) is 30.3 Å². The van der Waals surface area contributed by atoms with Crippen molar-refractivity contribution in [2.45, 2.75) is 12.5 Å². The van der Waals surface area contributed by atoms with Gasteiger partial charge in [0.25, 0.3) is 0 Å². The zero-order valence-electron chi connectivity index (χ0n) is 10.6. The summed E-state index contributed by atoms with van der Waals surface area (Å²) in [5.74, 6) is -0.676. The quantitative estimate of drug-likeness (QED) is 0.703. The van der Waals surface area contributed by atoms with Crippen LogP contribution in [-0.2, 0) is 20.7 Å². The second-order valence-electron chi connectivity index (χ2n) is 3.82. The number of amides is 1. The molecule has 0 saturated heterocycles. The van der Waals surface area contributed by atoms with E-state index >= 15 is 0 Å². The molecule has 1 atom stereocenters. The molecule has 0 bridgehead atoms. The Morgan fingerprint density at radius 3 is 2.50 bits per heavy atom. The Balaban J connectivity index is 2.50. The number of ether oxygens (including phenoxy) is 1. The minimum Gasteiger partial charge on any atom is -0.468 e. The normalized spacial score (nSPS) is 11.7. The molecule has 5 heteroatoms. The number of hydrogen-bond acceptors (Lipinski definition) is 4. The second kappa shape index (κ2) is 7.45. The Morgan fingerprint density at radius 2 is 1.94 bits per heavy atom. The molecule has 0 aliphatic carbocycles. The largest absolute Gasteiger partial charge is 0.468 e. The van der Waals surface area contributed by atoms with Crippen LogP contribution < -0.4 is 10.6 Å². The van der Waals surface area contributed by atoms with Gasteiger partial charge in [-0.15, -0.1) is 0 Å². The Bertz CT molecular complexity index is 392. The zero-order chi connectivity index (χ0) is 13.4. The lowest BCUT2D eigenvalue weighted by atomic mass is 10.1. The van der Waals surface area contributed by atoms with Gasteiger partial charge >= 0.3 is 5.97 Å². The molecule has 0 heterocycles. The summed E-state index contributed by atoms with van der Waals surface area (Å²) in [6, 6.07) is 9.32. The lowest BCUT2D eigenvalue weighted by Gasteiger charge is -2.15. The van der Waals surface area contributed by atoms with Gasteiger partial charge in [0.1, 0.15) is 6.54 Å². The maximum atomic E-state index is 11.8. The van der Waals surface area contributed by atoms with Gasteiger partial charge < -0.3 is 15.4 Å². The Hall–Kier alpha value is -1.88. The van der Waals surface area contributed by atoms with Crippen LogP contribution in [0.25, 0.3) is 0 Å². The predicted octanol–water partition coefficient (Wildman–Crippen LogP) is 0.106. The average Bonchev–Trinajstić information content (AvgIpc) is 2.42. The van der Waals surface area contributed by atoms with Gasteiger partial charge in [0.05, 0.1) is 13.2 Å². The first-order valence-corrected chi connectivity index (χ1v) is 5.73. The van der Waals surface area contributed by atoms with Gasteiger partial charge in [-0.05, 0) is 19.0 Å². The molecule has 0 aliphatic rings. The van der Waals surface area contributed by atoms with E-state index in [2.05, 4.69) is 15.4 Å². The van der Waals surface area contributed by atoms with E-state index in [9.17, 15) is 9.59 Å². The van der Waals surface area contributed by atoms with Crippen LogP contribution in [0, 0.1) is 0 Å². The van der Waals surface area contributed by atoms with E-state index in [4.69, 9.17) is 0 Å². The van der Waals surface area contributed by atoms with Gasteiger partial charge in [0.2, 0.25) is 5.91 Å². The molecule has 18 heavy (non-hydrogen) atoms. The van der Waals surface area contributed by atoms with Gasteiger partial charge in [-0.2, -0.15) is 0 Å². The third-order valence-corrected chi connectivity index (χ3v) is 2.58. The van der Waals surface area contributed by atoms with Gasteiger partial charge in [0, 0.05) is 0 Å². The van der Waals surface area contributed by atoms with E-state index in [0.29, 0.717) is 6.42 Å². The Labute approximate surface area is 107 Å². The molecule has 5 nitrogen and oxygen atoms in total. The number of benzene rings is 1. The molecule has 98 valence electrons. The van der Waals surface area contributed by atoms with Crippen molar-refractivity contribution in [2.24, 2.45) is 0 Å². The third-order valence-electron chi connectivity index (χ3n) is 2.58. The van der Waals surface area contributed by atoms with Crippen molar-refractivity contribution in [3.8, 4) is 0 Å². The first-order valence-electron chi connectivity index (χ1n) is 5.73. The monoisotopic (exact) mass is 250 g/mol. The summed E-state index contributed by atoms with van der Waals surface area (Å²) in [6.45, 7) is -0.109. The average molecular weight is 250 g/mol. The van der Waals surface area contributed by atoms with E-state index < -0.39 is 5.97 Å². The molecule has 0 fully saturated rings. The number of esters is 1. The summed E-state index contributed by atoms with van der Waals surface area (Å²) < 4.78 is 4.46. The highest BCUT2D eigenvalue weighted by Crippen LogP contribution is 2.02. The summed E-state index contributed by atoms with van der Waals surface area (Å²) in [4.78, 5) is 22.7. The fraction of sp³-hybridized carbons (Fsp3) is 0.385. The van der Waals surface area contributed by atoms with Crippen LogP contribution in [0.2, 0.25) is 0 Å². The molecular formula is C13H18N2O3. The highest BCUT2D eigenvalue weighted by atomic mass is 16.5. The van der Waals surface area contributed by atoms with Crippen LogP contribution >= 0.6 is 0 Å². The van der Waals surface area contributed by atoms with Crippen LogP contribution in [-0.4, -0.2) is 38.6 Å². The minimum atomic E-state index is -0.460. The van der Waals surface area contributed by atoms with Crippen molar-refractivity contribution < 1.29 is 14.3 Å². The molecule has 1 aromatic rings. The minimum absolute atomic E-state index is 0.109. The lowest BCUT2D eigenvalue weighted by molar-refractivity contribution is -0.141. The van der Waals surface area contributed by atoms with E-state index in [1.165, 1.54) is 7.11 Å². The molecule has 1 amide bonds. The fourth-order valence-corrected chi connectivity index (χ4v) is 1.53. The molecule has 0 unspecified atom stereocenters. The Kier molecular flexibility index (Phi) is 5.87. The summed E-state index contributed by atoms with van der Waals surface area (Å²) in [5, 5.41) is 5.46. The molecule has 1 rings (SSSR count). The van der Waals surface area contributed by atoms with Crippen LogP contribution in [0.1, 0.15) is 5.56 Å². The van der Waals surface area contributed by atoms with Gasteiger partial charge in [-0.3, -0.25) is 9.59 Å². The first kappa shape index (κ1) is 14.2. The number of rotatable bonds is 6. The first-order chi connectivity index (χ1) is 8.67. The zero-order valence-corrected chi connectivity index (χ0v) is 10.6. The van der Waals surface area contributed by atoms with Crippen molar-refractivity contribution in [3.05, 3.63) is 35.9 Å². The predicted molar refractivity (Wildman–Crippen MR) is 68.0 cm³/mol. The van der Waals surface area contributed by atoms with E-state index in [0.717, 1.165) is 5.56 Å². The summed E-state index contributed by atoms with van der Waals surface area (Å²) >= 11 is 0. The lowest BCUT2D eigenvalue weighted by Crippen LogP contribution is -2.45. The molecule has 1 aromatic carbocycles. The van der Waals surface area contributed by atoms with Gasteiger partial charge in [0.15, 0.2) is 0 Å². The van der Waals surface area contributed by atoms with Crippen molar-refractivity contribution in [3.63, 3.8) is 0 Å². The number of nitrogens with one attached hydrogen (secondary N) is 2. The maximum absolute atomic E-state index is 11.8. The number of carbonyl (C=O) groups is 2. The highest BCUT2D eigenvalue weighted by molar-refractivity contribution is 5.85. The molecule has 0 radical (unpaired) electrons. The number of likely N-dealkylation sites (N-methyl/N-ethyl adjacent to an activating group) is 1. The standard InChI is InChI=1S/C13H18N2O3/c1-14-11(8-10-6-4-3-5-7-10)13(17)15-9-12(16)18-2/h3-7,11,14H,8-9H2,1-2H3,(H,15,17)/t11-/m1/s1. The fourth-order valence-electron chi connectivity index (χ4n) is 1.53. The van der Waals surface area contributed by atoms with Gasteiger partial charge in [-0.25, -0.2) is 0 Å². The van der Waals surface area contributed by atoms with Crippen molar-refractivity contribution in [1.82, 2.24) is 10.6 Å². The molecule has 0 aromatic heterocycles. The van der Waals surface area contributed by atoms with E-state index in [1.54, 1.807) is 7.05 Å². The molecule has 0 aliphatic heterocycles. The maximum Gasteiger partial charge on any atom is 0.325 e. The van der Waals surface area contributed by atoms with E-state index in [-0.39, 0.29) is 18.5 Å². The SMILES string of the molecule is CN[C@H](Cc1ccccc1)C(=O)NCC(=O)OC. The Morgan fingerprint density at radius 1 is 1.28 bits per heavy atom. The molecule has 0 saturated carbocycles. The topological polar surface area (TPSA) is 67.4 Å². The number of hydrogen-bond donors (Lipinski definition) is 2. The van der Waals surface area contributed by atoms with Crippen LogP contribution in [0.3, 0.4) is 0 Å². The third kappa shape index (κ3) is 4.55. The van der Waals surface area contributed by atoms with Crippen molar-refractivity contribution >= 4 is 11.9 Å². The number of carbonyl (C=O) groups excluding carboxylic acids is 2. The second-order valence-corrected chi connectivity index (χ2v) is 3.82. The highest BCUT2D eigenvalue weighted by Gasteiger charge is 2.17. The summed E-state index contributed by atoms with van der Waals surface area (Å²) in [6.07, 6.45) is 0.574.